The van der Waals surface area contributed by atoms with Gasteiger partial charge in [0.15, 0.2) is 38.8 Å². The van der Waals surface area contributed by atoms with E-state index in [0.717, 1.165) is 42.3 Å². The molecule has 2 aromatic carbocycles. The summed E-state index contributed by atoms with van der Waals surface area (Å²) in [4.78, 5) is 77.1. The van der Waals surface area contributed by atoms with Crippen molar-refractivity contribution < 1.29 is 82.1 Å². The van der Waals surface area contributed by atoms with Crippen molar-refractivity contribution in [3.63, 3.8) is 0 Å². The Morgan fingerprint density at radius 2 is 0.833 bits per heavy atom. The summed E-state index contributed by atoms with van der Waals surface area (Å²) in [6.07, 6.45) is 4.63. The highest BCUT2D eigenvalue weighted by molar-refractivity contribution is 6.83. The van der Waals surface area contributed by atoms with Crippen molar-refractivity contribution >= 4 is 159 Å². The van der Waals surface area contributed by atoms with Gasteiger partial charge in [0.1, 0.15) is 81.0 Å². The summed E-state index contributed by atoms with van der Waals surface area (Å²) in [7, 11) is -4.83. The maximum Gasteiger partial charge on any atom is 0.278 e. The second-order valence-corrected chi connectivity index (χ2v) is 66.8. The average molecular weight is 2150 g/mol. The lowest BCUT2D eigenvalue weighted by Gasteiger charge is -2.39. The van der Waals surface area contributed by atoms with E-state index in [0.29, 0.717) is 89.5 Å². The van der Waals surface area contributed by atoms with Crippen molar-refractivity contribution in [2.24, 2.45) is 10.8 Å². The first-order chi connectivity index (χ1) is 66.7. The summed E-state index contributed by atoms with van der Waals surface area (Å²) in [6, 6.07) is 9.25. The molecule has 8 aromatic heterocycles. The van der Waals surface area contributed by atoms with E-state index in [1.165, 1.54) is 26.4 Å². The number of ether oxygens (including phenoxy) is 8. The molecule has 6 unspecified atom stereocenters. The van der Waals surface area contributed by atoms with Gasteiger partial charge < -0.3 is 112 Å². The van der Waals surface area contributed by atoms with Crippen LogP contribution in [-0.2, 0) is 63.0 Å². The van der Waals surface area contributed by atoms with Gasteiger partial charge in [0, 0.05) is 73.0 Å². The Labute approximate surface area is 866 Å². The highest BCUT2D eigenvalue weighted by Gasteiger charge is 2.50. The number of rotatable bonds is 30. The molecule has 4 saturated heterocycles. The van der Waals surface area contributed by atoms with Gasteiger partial charge in [0.2, 0.25) is 23.8 Å². The number of nitrogens with one attached hydrogen (secondary N) is 3. The number of anilines is 4. The summed E-state index contributed by atoms with van der Waals surface area (Å²) in [5.74, 6) is 2.00. The molecule has 0 bridgehead atoms. The monoisotopic (exact) mass is 2150 g/mol. The molecular weight excluding hydrogens is 2000 g/mol. The molecule has 4 aliphatic heterocycles. The van der Waals surface area contributed by atoms with Crippen LogP contribution in [0.3, 0.4) is 0 Å². The second kappa shape index (κ2) is 44.9. The number of halogens is 4. The third-order valence-corrected chi connectivity index (χ3v) is 48.6. The van der Waals surface area contributed by atoms with E-state index in [2.05, 4.69) is 194 Å². The van der Waals surface area contributed by atoms with Gasteiger partial charge in [0.05, 0.1) is 151 Å². The van der Waals surface area contributed by atoms with Crippen LogP contribution in [0.2, 0.25) is 88.0 Å². The van der Waals surface area contributed by atoms with Crippen molar-refractivity contribution in [2.45, 2.75) is 361 Å². The molecule has 144 heavy (non-hydrogen) atoms. The number of fused-ring (bicyclic) bond motifs is 4. The van der Waals surface area contributed by atoms with E-state index in [1.807, 2.05) is 58.5 Å². The Hall–Kier alpha value is -8.17. The van der Waals surface area contributed by atoms with Crippen molar-refractivity contribution in [1.82, 2.24) is 58.1 Å². The summed E-state index contributed by atoms with van der Waals surface area (Å²) in [5.41, 5.74) is 15.3. The van der Waals surface area contributed by atoms with Crippen LogP contribution in [0.15, 0.2) is 66.0 Å². The number of methoxy groups -OCH3 is 2. The number of aromatic amines is 1. The van der Waals surface area contributed by atoms with Crippen molar-refractivity contribution in [1.29, 1.82) is 0 Å². The number of aliphatic hydroxyl groups excluding tert-OH is 5. The number of nitrogens with two attached hydrogens (primary N) is 2. The molecule has 12 heterocycles. The number of nitro benzene ring substituents is 2. The maximum absolute atomic E-state index is 12.9. The Morgan fingerprint density at radius 3 is 1.17 bits per heavy atom. The number of nitrogen functional groups attached to an aromatic ring is 2. The third-order valence-electron chi connectivity index (χ3n) is 29.3. The number of aliphatic hydroxyl groups is 5. The zero-order valence-corrected chi connectivity index (χ0v) is 95.7. The predicted octanol–water partition coefficient (Wildman–Crippen LogP) is 21.1. The van der Waals surface area contributed by atoms with Crippen LogP contribution in [0.4, 0.5) is 35.2 Å². The molecular formula is C98H150Cl4N18O20Si4. The number of aromatic nitrogens is 12. The van der Waals surface area contributed by atoms with Crippen LogP contribution in [-0.4, -0.2) is 203 Å². The van der Waals surface area contributed by atoms with Crippen LogP contribution in [0.1, 0.15) is 247 Å². The lowest BCUT2D eigenvalue weighted by atomic mass is 9.83. The summed E-state index contributed by atoms with van der Waals surface area (Å²) < 4.78 is 68.6. The van der Waals surface area contributed by atoms with Crippen molar-refractivity contribution in [3.8, 4) is 11.5 Å². The molecule has 38 nitrogen and oxygen atoms in total. The number of hydrogen-bond acceptors (Lipinski definition) is 31. The molecule has 12 N–H and O–H groups in total. The summed E-state index contributed by atoms with van der Waals surface area (Å²) in [6.45, 7) is 60.2. The normalized spacial score (nSPS) is 21.5. The van der Waals surface area contributed by atoms with Crippen LogP contribution in [0, 0.1) is 31.1 Å². The molecule has 0 radical (unpaired) electrons. The van der Waals surface area contributed by atoms with E-state index in [-0.39, 0.29) is 142 Å². The Balaban J connectivity index is 0.000000183. The van der Waals surface area contributed by atoms with E-state index in [4.69, 9.17) is 115 Å². The van der Waals surface area contributed by atoms with E-state index in [9.17, 15) is 50.6 Å². The van der Waals surface area contributed by atoms with Crippen LogP contribution >= 0.6 is 46.4 Å². The maximum atomic E-state index is 12.9. The minimum Gasteiger partial charge on any atom is -0.497 e. The van der Waals surface area contributed by atoms with Gasteiger partial charge in [-0.2, -0.15) is 19.9 Å². The van der Waals surface area contributed by atoms with Gasteiger partial charge >= 0.3 is 0 Å². The number of H-pyrrole nitrogens is 1. The largest absolute Gasteiger partial charge is 0.497 e. The first-order valence-corrected chi connectivity index (χ1v) is 62.2. The number of alkyl halides is 1. The molecule has 46 heteroatoms. The fourth-order valence-electron chi connectivity index (χ4n) is 17.1. The molecule has 0 amide bonds. The lowest BCUT2D eigenvalue weighted by molar-refractivity contribution is -0.386. The van der Waals surface area contributed by atoms with Gasteiger partial charge in [-0.25, -0.2) is 15.0 Å². The molecule has 14 atom stereocenters. The van der Waals surface area contributed by atoms with Crippen LogP contribution in [0.25, 0.3) is 44.1 Å². The zero-order valence-electron chi connectivity index (χ0n) is 88.7. The third kappa shape index (κ3) is 25.6. The van der Waals surface area contributed by atoms with Crippen LogP contribution in [0.5, 0.6) is 11.5 Å². The molecule has 0 saturated carbocycles. The number of benzene rings is 2. The molecule has 4 aliphatic rings. The first kappa shape index (κ1) is 116. The highest BCUT2D eigenvalue weighted by Crippen LogP contribution is 2.51. The smallest absolute Gasteiger partial charge is 0.278 e. The Morgan fingerprint density at radius 1 is 0.493 bits per heavy atom. The van der Waals surface area contributed by atoms with E-state index < -0.39 is 108 Å². The molecule has 10 aromatic rings. The number of nitrogens with zero attached hydrogens (tertiary/aromatic N) is 13. The summed E-state index contributed by atoms with van der Waals surface area (Å²) >= 11 is 26.2. The van der Waals surface area contributed by atoms with Crippen molar-refractivity contribution in [3.05, 3.63) is 141 Å². The quantitative estimate of drug-likeness (QED) is 0.00657. The van der Waals surface area contributed by atoms with Gasteiger partial charge in [-0.1, -0.05) is 199 Å². The fraction of sp³-hybridized carbons (Fsp3) is 0.633. The van der Waals surface area contributed by atoms with Crippen LogP contribution < -0.4 is 36.5 Å². The molecule has 0 spiro atoms. The van der Waals surface area contributed by atoms with Gasteiger partial charge in [-0.15, -0.1) is 11.6 Å². The second-order valence-electron chi connectivity index (χ2n) is 45.9. The van der Waals surface area contributed by atoms with Gasteiger partial charge in [-0.05, 0) is 99.8 Å². The van der Waals surface area contributed by atoms with Gasteiger partial charge in [-0.3, -0.25) is 30.0 Å². The topological polar surface area (TPSA) is 499 Å². The molecule has 796 valence electrons. The predicted molar refractivity (Wildman–Crippen MR) is 572 cm³/mol. The molecule has 4 fully saturated rings. The SMILES string of the molecule is CC[C@H]1O[C@@H](n2cc(CCl)c3c(Cl)nc(N[Si](C)(C)C(C)(C)C)nc32)CC1O[Si](C)(C)C(C)(C)C.CC[C@H]1O[C@@H](n2cc(CO)c3c(Cl)nc(N[Si](C)(C)C(C)(C)C)nc32)CC1O[Si](C)(C)C(C)(C)C.COc1ccc(C(OCc2cn([C@H]3CC(O)[C@@H](CO)O3)c3nc(N)[nH]c(=O)c23)C(C)(C)C)c([N+](=O)[O-])c1.COc1ccc(C(OCc2cn([C@H]3CC(O)[C@@H](CO)O3)c3nc(N)nc(Cl)c23)C(C)(C)C)c([N+](=O)[O-])c1. The number of hydrogen-bond donors (Lipinski definition) is 10. The minimum absolute atomic E-state index is 0.00582. The fourth-order valence-corrected chi connectivity index (χ4v) is 23.0. The lowest BCUT2D eigenvalue weighted by Crippen LogP contribution is -2.46. The van der Waals surface area contributed by atoms with Crippen molar-refractivity contribution in [2.75, 3.05) is 48.9 Å². The Bertz CT molecular complexity index is 6110. The zero-order chi connectivity index (χ0) is 107. The standard InChI is InChI=1S/C25H44Cl2N4O2Si2.C25H45ClN4O3Si2.C24H30ClN5O7.C24H31N5O8/c1-12-17-18(33-35(10,11)25(5,6)7)13-19(32-17)31-15-16(14-26)20-21(27)28-23(29-22(20)31)30-34(8,9)24(2,3)4;1-12-17-18(33-35(10,11)25(5,6)7)13-19(32-17)30-14-16(15-31)20-21(26)27-23(28-22(20)30)29-34(8,9)24(2,3)4;1-24(2,3)20(14-6-5-13(35-4)7-15(14)30(33)34)36-11-12-9-29(18-8-16(32)17(10-31)37-18)22-19(12)21(25)27-23(26)28-22;1-24(2,3)20(14-6-5-13(35-4)7-15(14)29(33)34)36-11-12-9-28(18-8-16(31)17(10-30)37-18)21-19(12)22(32)27-23(25)26-21/h15,17-19H,12-14H2,1-11H3,(H,28,29,30);14,17-19,31H,12-13,15H2,1-11H3,(H,27,28,29);5-7,9,16-18,20,31-32H,8,10-11H2,1-4H3,(H2,26,27,28);5-7,9,16-18,20,30-31H,8,10-11H2,1-4H3,(H3,25,26,27,32)/t2*17-,18?,19-;2*16?,17-,18-,20?/m1111/s1. The van der Waals surface area contributed by atoms with E-state index >= 15 is 0 Å². The highest BCUT2D eigenvalue weighted by atomic mass is 35.5. The first-order valence-electron chi connectivity index (χ1n) is 48.7. The van der Waals surface area contributed by atoms with E-state index in [1.54, 1.807) is 45.8 Å². The number of nitro groups is 2. The molecule has 14 rings (SSSR count). The Kier molecular flexibility index (Phi) is 36.2. The van der Waals surface area contributed by atoms with Gasteiger partial charge in [0.25, 0.3) is 16.9 Å². The summed E-state index contributed by atoms with van der Waals surface area (Å²) in [5, 5.41) is 76.8. The minimum atomic E-state index is -1.96. The molecule has 0 aliphatic carbocycles. The average Bonchev–Trinajstić information content (AvgIpc) is 1.58.